The molecule has 2 fully saturated rings. The lowest BCUT2D eigenvalue weighted by atomic mass is 9.95. The van der Waals surface area contributed by atoms with Crippen molar-refractivity contribution in [2.75, 3.05) is 32.1 Å². The molecule has 1 saturated carbocycles. The predicted octanol–water partition coefficient (Wildman–Crippen LogP) is 3.78. The van der Waals surface area contributed by atoms with Gasteiger partial charge in [-0.05, 0) is 61.6 Å². The summed E-state index contributed by atoms with van der Waals surface area (Å²) in [6.45, 7) is 1.69. The molecule has 8 heteroatoms. The molecule has 2 amide bonds. The van der Waals surface area contributed by atoms with E-state index in [1.807, 2.05) is 54.0 Å². The van der Waals surface area contributed by atoms with Crippen molar-refractivity contribution >= 4 is 28.5 Å². The number of benzene rings is 2. The van der Waals surface area contributed by atoms with Gasteiger partial charge in [0, 0.05) is 50.9 Å². The fraction of sp³-hybridized carbons (Fsp3) is 0.481. The minimum absolute atomic E-state index is 0.00200. The average molecular weight is 475 g/mol. The Hall–Kier alpha value is -3.42. The molecule has 5 rings (SSSR count). The van der Waals surface area contributed by atoms with E-state index in [2.05, 4.69) is 32.7 Å². The number of piperidine rings is 1. The number of rotatable bonds is 6. The Morgan fingerprint density at radius 1 is 1.00 bits per heavy atom. The van der Waals surface area contributed by atoms with E-state index in [1.54, 1.807) is 0 Å². The van der Waals surface area contributed by atoms with Crippen LogP contribution in [-0.2, 0) is 11.3 Å². The first-order chi connectivity index (χ1) is 17.0. The second-order valence-corrected chi connectivity index (χ2v) is 10.0. The van der Waals surface area contributed by atoms with Crippen molar-refractivity contribution in [1.29, 1.82) is 0 Å². The maximum Gasteiger partial charge on any atom is 0.253 e. The molecule has 2 heterocycles. The minimum Gasteiger partial charge on any atom is -0.378 e. The van der Waals surface area contributed by atoms with Crippen molar-refractivity contribution in [3.05, 3.63) is 53.6 Å². The highest BCUT2D eigenvalue weighted by atomic mass is 16.2. The van der Waals surface area contributed by atoms with Crippen LogP contribution in [0, 0.1) is 5.92 Å². The molecule has 1 saturated heterocycles. The van der Waals surface area contributed by atoms with Gasteiger partial charge in [-0.3, -0.25) is 9.59 Å². The van der Waals surface area contributed by atoms with Crippen LogP contribution in [0.1, 0.15) is 60.5 Å². The number of anilines is 1. The van der Waals surface area contributed by atoms with E-state index in [4.69, 9.17) is 0 Å². The smallest absolute Gasteiger partial charge is 0.253 e. The van der Waals surface area contributed by atoms with E-state index in [9.17, 15) is 9.59 Å². The molecular weight excluding hydrogens is 440 g/mol. The molecule has 0 atom stereocenters. The summed E-state index contributed by atoms with van der Waals surface area (Å²) in [7, 11) is 4.02. The van der Waals surface area contributed by atoms with Crippen LogP contribution in [0.3, 0.4) is 0 Å². The standard InChI is InChI=1S/C27H34N6O2/c1-31(2)22-10-7-19(8-11-22)18-28-26(34)20-13-15-32(16-14-20)27(35)21-9-12-25-24(17-21)29-30-33(25)23-5-3-4-6-23/h7-12,17,20,23H,3-6,13-16,18H2,1-2H3,(H,28,34). The third-order valence-corrected chi connectivity index (χ3v) is 7.46. The molecular formula is C27H34N6O2. The molecule has 1 N–H and O–H groups in total. The molecule has 184 valence electrons. The summed E-state index contributed by atoms with van der Waals surface area (Å²) in [5.41, 5.74) is 4.63. The molecule has 1 aliphatic heterocycles. The molecule has 0 bridgehead atoms. The molecule has 0 unspecified atom stereocenters. The van der Waals surface area contributed by atoms with E-state index in [-0.39, 0.29) is 17.7 Å². The van der Waals surface area contributed by atoms with E-state index in [0.717, 1.165) is 35.1 Å². The lowest BCUT2D eigenvalue weighted by molar-refractivity contribution is -0.126. The lowest BCUT2D eigenvalue weighted by Crippen LogP contribution is -2.42. The zero-order valence-electron chi connectivity index (χ0n) is 20.6. The molecule has 1 aromatic heterocycles. The van der Waals surface area contributed by atoms with Gasteiger partial charge >= 0.3 is 0 Å². The minimum atomic E-state index is -0.0612. The Kier molecular flexibility index (Phi) is 6.70. The summed E-state index contributed by atoms with van der Waals surface area (Å²) in [4.78, 5) is 29.8. The van der Waals surface area contributed by atoms with Gasteiger partial charge in [-0.15, -0.1) is 5.10 Å². The second kappa shape index (κ2) is 10.1. The van der Waals surface area contributed by atoms with Crippen LogP contribution in [0.4, 0.5) is 5.69 Å². The summed E-state index contributed by atoms with van der Waals surface area (Å²) in [6, 6.07) is 14.3. The molecule has 3 aromatic rings. The summed E-state index contributed by atoms with van der Waals surface area (Å²) in [6.07, 6.45) is 6.12. The lowest BCUT2D eigenvalue weighted by Gasteiger charge is -2.31. The van der Waals surface area contributed by atoms with Gasteiger partial charge in [-0.2, -0.15) is 0 Å². The zero-order chi connectivity index (χ0) is 24.4. The maximum absolute atomic E-state index is 13.1. The van der Waals surface area contributed by atoms with Crippen LogP contribution in [0.5, 0.6) is 0 Å². The van der Waals surface area contributed by atoms with Crippen molar-refractivity contribution in [2.24, 2.45) is 5.92 Å². The number of hydrogen-bond acceptors (Lipinski definition) is 5. The maximum atomic E-state index is 13.1. The summed E-state index contributed by atoms with van der Waals surface area (Å²) >= 11 is 0. The van der Waals surface area contributed by atoms with E-state index < -0.39 is 0 Å². The molecule has 2 aliphatic rings. The van der Waals surface area contributed by atoms with Gasteiger partial charge < -0.3 is 15.1 Å². The van der Waals surface area contributed by atoms with Gasteiger partial charge in [-0.25, -0.2) is 4.68 Å². The van der Waals surface area contributed by atoms with Gasteiger partial charge in [0.1, 0.15) is 5.52 Å². The van der Waals surface area contributed by atoms with Crippen LogP contribution in [0.25, 0.3) is 11.0 Å². The number of carbonyl (C=O) groups is 2. The number of amides is 2. The van der Waals surface area contributed by atoms with Crippen molar-refractivity contribution in [1.82, 2.24) is 25.2 Å². The Morgan fingerprint density at radius 2 is 1.71 bits per heavy atom. The highest BCUT2D eigenvalue weighted by Crippen LogP contribution is 2.31. The molecule has 8 nitrogen and oxygen atoms in total. The van der Waals surface area contributed by atoms with E-state index >= 15 is 0 Å². The fourth-order valence-electron chi connectivity index (χ4n) is 5.27. The van der Waals surface area contributed by atoms with Crippen LogP contribution < -0.4 is 10.2 Å². The quantitative estimate of drug-likeness (QED) is 0.588. The topological polar surface area (TPSA) is 83.4 Å². The van der Waals surface area contributed by atoms with Crippen molar-refractivity contribution < 1.29 is 9.59 Å². The SMILES string of the molecule is CN(C)c1ccc(CNC(=O)C2CCN(C(=O)c3ccc4c(c3)nnn4C3CCCC3)CC2)cc1. The average Bonchev–Trinajstić information content (AvgIpc) is 3.56. The van der Waals surface area contributed by atoms with Crippen LogP contribution >= 0.6 is 0 Å². The predicted molar refractivity (Wildman–Crippen MR) is 136 cm³/mol. The monoisotopic (exact) mass is 474 g/mol. The van der Waals surface area contributed by atoms with Gasteiger partial charge in [0.25, 0.3) is 5.91 Å². The molecule has 2 aromatic carbocycles. The van der Waals surface area contributed by atoms with Gasteiger partial charge in [0.2, 0.25) is 5.91 Å². The van der Waals surface area contributed by atoms with Crippen LogP contribution in [0.15, 0.2) is 42.5 Å². The number of carbonyl (C=O) groups excluding carboxylic acids is 2. The number of hydrogen-bond donors (Lipinski definition) is 1. The largest absolute Gasteiger partial charge is 0.378 e. The highest BCUT2D eigenvalue weighted by Gasteiger charge is 2.28. The van der Waals surface area contributed by atoms with Gasteiger partial charge in [0.15, 0.2) is 0 Å². The summed E-state index contributed by atoms with van der Waals surface area (Å²) in [5, 5.41) is 11.8. The number of fused-ring (bicyclic) bond motifs is 1. The first-order valence-electron chi connectivity index (χ1n) is 12.7. The van der Waals surface area contributed by atoms with E-state index in [1.165, 1.54) is 12.8 Å². The van der Waals surface area contributed by atoms with Gasteiger partial charge in [0.05, 0.1) is 11.6 Å². The second-order valence-electron chi connectivity index (χ2n) is 10.0. The Bertz CT molecular complexity index is 1190. The third-order valence-electron chi connectivity index (χ3n) is 7.46. The highest BCUT2D eigenvalue weighted by molar-refractivity contribution is 5.97. The Morgan fingerprint density at radius 3 is 2.40 bits per heavy atom. The van der Waals surface area contributed by atoms with Crippen LogP contribution in [0.2, 0.25) is 0 Å². The van der Waals surface area contributed by atoms with Crippen LogP contribution in [-0.4, -0.2) is 58.9 Å². The summed E-state index contributed by atoms with van der Waals surface area (Å²) in [5.74, 6) is 0.00905. The molecule has 35 heavy (non-hydrogen) atoms. The summed E-state index contributed by atoms with van der Waals surface area (Å²) < 4.78 is 2.03. The fourth-order valence-corrected chi connectivity index (χ4v) is 5.27. The number of likely N-dealkylation sites (tertiary alicyclic amines) is 1. The molecule has 0 radical (unpaired) electrons. The first kappa shape index (κ1) is 23.3. The van der Waals surface area contributed by atoms with Crippen molar-refractivity contribution in [3.63, 3.8) is 0 Å². The first-order valence-corrected chi connectivity index (χ1v) is 12.7. The van der Waals surface area contributed by atoms with E-state index in [0.29, 0.717) is 44.1 Å². The number of nitrogens with one attached hydrogen (secondary N) is 1. The van der Waals surface area contributed by atoms with Crippen molar-refractivity contribution in [3.8, 4) is 0 Å². The third kappa shape index (κ3) is 5.01. The molecule has 0 spiro atoms. The zero-order valence-corrected chi connectivity index (χ0v) is 20.6. The Labute approximate surface area is 206 Å². The normalized spacial score (nSPS) is 17.1. The molecule has 1 aliphatic carbocycles. The Balaban J connectivity index is 1.14. The number of nitrogens with zero attached hydrogens (tertiary/aromatic N) is 5. The number of aromatic nitrogens is 3. The van der Waals surface area contributed by atoms with Gasteiger partial charge in [-0.1, -0.05) is 30.2 Å². The van der Waals surface area contributed by atoms with Crippen molar-refractivity contribution in [2.45, 2.75) is 51.1 Å².